The fourth-order valence-electron chi connectivity index (χ4n) is 7.13. The zero-order chi connectivity index (χ0) is 36.0. The van der Waals surface area contributed by atoms with E-state index in [-0.39, 0.29) is 33.8 Å². The number of nitrogens with two attached hydrogens (primary N) is 1. The van der Waals surface area contributed by atoms with Crippen molar-refractivity contribution in [1.82, 2.24) is 20.9 Å². The number of piperidine rings is 1. The molecule has 3 fully saturated rings. The lowest BCUT2D eigenvalue weighted by molar-refractivity contribution is -0.145. The number of benzene rings is 1. The van der Waals surface area contributed by atoms with Crippen molar-refractivity contribution in [2.24, 2.45) is 39.7 Å². The molecule has 13 heteroatoms. The number of sulfone groups is 1. The smallest absolute Gasteiger partial charge is 0.315 e. The molecule has 0 spiro atoms. The van der Waals surface area contributed by atoms with Gasteiger partial charge in [0.05, 0.1) is 16.7 Å². The SMILES string of the molecule is CC(C)(C)[C@H](NC(=O)N[C@H](CS(=O)(=O)c1ccccc1)C(C)(C)C)C(=O)N1C[C@H]2[C@@H]([C@H]1C(=O)NC(CC1CCC1)C(=O)C(N)=O)C2(C)C. The second-order valence-corrected chi connectivity index (χ2v) is 18.7. The zero-order valence-corrected chi connectivity index (χ0v) is 30.3. The summed E-state index contributed by atoms with van der Waals surface area (Å²) in [6, 6.07) is 3.48. The summed E-state index contributed by atoms with van der Waals surface area (Å²) in [7, 11) is -3.75. The number of fused-ring (bicyclic) bond motifs is 1. The Morgan fingerprint density at radius 2 is 1.54 bits per heavy atom. The molecule has 2 saturated carbocycles. The van der Waals surface area contributed by atoms with Crippen LogP contribution in [0.5, 0.6) is 0 Å². The normalized spacial score (nSPS) is 23.9. The van der Waals surface area contributed by atoms with E-state index >= 15 is 0 Å². The van der Waals surface area contributed by atoms with Crippen LogP contribution in [0.4, 0.5) is 4.79 Å². The summed E-state index contributed by atoms with van der Waals surface area (Å²) in [6.07, 6.45) is 3.14. The second kappa shape index (κ2) is 13.4. The molecule has 12 nitrogen and oxygen atoms in total. The Hall–Kier alpha value is -3.48. The van der Waals surface area contributed by atoms with Gasteiger partial charge in [-0.25, -0.2) is 13.2 Å². The minimum atomic E-state index is -3.75. The third-order valence-electron chi connectivity index (χ3n) is 10.7. The molecule has 266 valence electrons. The van der Waals surface area contributed by atoms with Crippen LogP contribution in [0.15, 0.2) is 35.2 Å². The predicted molar refractivity (Wildman–Crippen MR) is 181 cm³/mol. The maximum absolute atomic E-state index is 14.3. The van der Waals surface area contributed by atoms with E-state index in [1.165, 1.54) is 17.0 Å². The predicted octanol–water partition coefficient (Wildman–Crippen LogP) is 2.80. The number of hydrogen-bond donors (Lipinski definition) is 4. The molecule has 1 aliphatic heterocycles. The summed E-state index contributed by atoms with van der Waals surface area (Å²) in [5.74, 6) is -3.21. The molecule has 1 saturated heterocycles. The van der Waals surface area contributed by atoms with Crippen molar-refractivity contribution in [3.63, 3.8) is 0 Å². The maximum Gasteiger partial charge on any atom is 0.315 e. The van der Waals surface area contributed by atoms with Crippen LogP contribution < -0.4 is 21.7 Å². The molecule has 0 aromatic heterocycles. The van der Waals surface area contributed by atoms with Gasteiger partial charge in [0.15, 0.2) is 9.84 Å². The molecule has 6 atom stereocenters. The Labute approximate surface area is 284 Å². The number of rotatable bonds is 12. The first kappa shape index (κ1) is 37.3. The molecule has 1 aromatic rings. The Balaban J connectivity index is 1.54. The number of Topliss-reactive ketones (excluding diaryl/α,β-unsaturated/α-hetero) is 1. The first-order valence-electron chi connectivity index (χ1n) is 16.8. The number of nitrogens with zero attached hydrogens (tertiary/aromatic N) is 1. The highest BCUT2D eigenvalue weighted by molar-refractivity contribution is 7.91. The molecule has 0 bridgehead atoms. The molecular weight excluding hydrogens is 634 g/mol. The van der Waals surface area contributed by atoms with Gasteiger partial charge in [0.25, 0.3) is 5.91 Å². The van der Waals surface area contributed by atoms with Gasteiger partial charge in [-0.2, -0.15) is 0 Å². The van der Waals surface area contributed by atoms with E-state index in [0.717, 1.165) is 19.3 Å². The van der Waals surface area contributed by atoms with Gasteiger partial charge in [-0.1, -0.05) is 92.9 Å². The van der Waals surface area contributed by atoms with Crippen LogP contribution in [0.1, 0.15) is 81.1 Å². The Kier molecular flexibility index (Phi) is 10.5. The third-order valence-corrected chi connectivity index (χ3v) is 12.4. The van der Waals surface area contributed by atoms with Gasteiger partial charge in [-0.05, 0) is 52.6 Å². The number of carbonyl (C=O) groups is 5. The van der Waals surface area contributed by atoms with Gasteiger partial charge in [0.1, 0.15) is 12.1 Å². The number of likely N-dealkylation sites (tertiary alicyclic amines) is 1. The molecular formula is C35H53N5O7S. The van der Waals surface area contributed by atoms with Crippen LogP contribution in [0.3, 0.4) is 0 Å². The van der Waals surface area contributed by atoms with E-state index in [0.29, 0.717) is 13.0 Å². The number of urea groups is 1. The number of carbonyl (C=O) groups excluding carboxylic acids is 5. The molecule has 1 unspecified atom stereocenters. The molecule has 5 N–H and O–H groups in total. The van der Waals surface area contributed by atoms with Gasteiger partial charge >= 0.3 is 6.03 Å². The summed E-state index contributed by atoms with van der Waals surface area (Å²) >= 11 is 0. The number of nitrogens with one attached hydrogen (secondary N) is 3. The molecule has 1 heterocycles. The lowest BCUT2D eigenvalue weighted by atomic mass is 9.80. The second-order valence-electron chi connectivity index (χ2n) is 16.6. The van der Waals surface area contributed by atoms with Crippen molar-refractivity contribution in [2.75, 3.05) is 12.3 Å². The van der Waals surface area contributed by atoms with E-state index in [4.69, 9.17) is 5.73 Å². The van der Waals surface area contributed by atoms with Gasteiger partial charge in [-0.3, -0.25) is 19.2 Å². The molecule has 2 aliphatic carbocycles. The summed E-state index contributed by atoms with van der Waals surface area (Å²) in [6.45, 7) is 15.2. The minimum Gasteiger partial charge on any atom is -0.363 e. The van der Waals surface area contributed by atoms with Crippen LogP contribution in [0, 0.1) is 34.0 Å². The highest BCUT2D eigenvalue weighted by Crippen LogP contribution is 2.65. The first-order chi connectivity index (χ1) is 22.1. The highest BCUT2D eigenvalue weighted by atomic mass is 32.2. The van der Waals surface area contributed by atoms with Crippen LogP contribution >= 0.6 is 0 Å². The Morgan fingerprint density at radius 3 is 2.04 bits per heavy atom. The number of primary amides is 1. The van der Waals surface area contributed by atoms with E-state index in [9.17, 15) is 32.4 Å². The average molecular weight is 688 g/mol. The molecule has 4 rings (SSSR count). The summed E-state index contributed by atoms with van der Waals surface area (Å²) < 4.78 is 26.5. The lowest BCUT2D eigenvalue weighted by Gasteiger charge is -2.39. The largest absolute Gasteiger partial charge is 0.363 e. The third kappa shape index (κ3) is 8.03. The van der Waals surface area contributed by atoms with Crippen LogP contribution in [-0.2, 0) is 29.0 Å². The van der Waals surface area contributed by atoms with Crippen molar-refractivity contribution in [1.29, 1.82) is 0 Å². The van der Waals surface area contributed by atoms with Crippen molar-refractivity contribution in [2.45, 2.75) is 110 Å². The quantitative estimate of drug-likeness (QED) is 0.244. The van der Waals surface area contributed by atoms with Gasteiger partial charge in [0.2, 0.25) is 17.6 Å². The number of hydrogen-bond acceptors (Lipinski definition) is 7. The highest BCUT2D eigenvalue weighted by Gasteiger charge is 2.70. The lowest BCUT2D eigenvalue weighted by Crippen LogP contribution is -2.62. The van der Waals surface area contributed by atoms with E-state index < -0.39 is 74.4 Å². The van der Waals surface area contributed by atoms with Crippen molar-refractivity contribution >= 4 is 39.4 Å². The zero-order valence-electron chi connectivity index (χ0n) is 29.5. The first-order valence-corrected chi connectivity index (χ1v) is 18.5. The topological polar surface area (TPSA) is 185 Å². The summed E-state index contributed by atoms with van der Waals surface area (Å²) in [4.78, 5) is 68.1. The van der Waals surface area contributed by atoms with Gasteiger partial charge in [0, 0.05) is 12.6 Å². The monoisotopic (exact) mass is 687 g/mol. The van der Waals surface area contributed by atoms with Gasteiger partial charge in [-0.15, -0.1) is 0 Å². The summed E-state index contributed by atoms with van der Waals surface area (Å²) in [5.41, 5.74) is 3.67. The van der Waals surface area contributed by atoms with Crippen LogP contribution in [0.2, 0.25) is 0 Å². The maximum atomic E-state index is 14.3. The minimum absolute atomic E-state index is 0.0389. The van der Waals surface area contributed by atoms with Crippen molar-refractivity contribution in [3.8, 4) is 0 Å². The van der Waals surface area contributed by atoms with Gasteiger partial charge < -0.3 is 26.6 Å². The Morgan fingerprint density at radius 1 is 0.938 bits per heavy atom. The van der Waals surface area contributed by atoms with E-state index in [1.807, 2.05) is 34.6 Å². The average Bonchev–Trinajstić information content (AvgIpc) is 3.26. The van der Waals surface area contributed by atoms with Crippen molar-refractivity contribution in [3.05, 3.63) is 30.3 Å². The molecule has 0 radical (unpaired) electrons. The summed E-state index contributed by atoms with van der Waals surface area (Å²) in [5, 5.41) is 8.39. The number of amides is 5. The van der Waals surface area contributed by atoms with Crippen molar-refractivity contribution < 1.29 is 32.4 Å². The fourth-order valence-corrected chi connectivity index (χ4v) is 8.92. The molecule has 5 amide bonds. The molecule has 3 aliphatic rings. The van der Waals surface area contributed by atoms with Crippen LogP contribution in [0.25, 0.3) is 0 Å². The Bertz CT molecular complexity index is 1530. The van der Waals surface area contributed by atoms with E-state index in [1.54, 1.807) is 39.0 Å². The van der Waals surface area contributed by atoms with Crippen LogP contribution in [-0.4, -0.2) is 79.3 Å². The molecule has 48 heavy (non-hydrogen) atoms. The number of ketones is 1. The standard InChI is InChI=1S/C35H53N5O7S/c1-33(2,3)24(19-48(46,47)21-15-10-9-11-16-21)38-32(45)39-28(34(4,5)6)31(44)40-18-22-25(35(22,7)8)26(40)30(43)37-23(27(41)29(36)42)17-20-13-12-14-20/h9-11,15-16,20,22-26,28H,12-14,17-19H2,1-8H3,(H2,36,42)(H,37,43)(H2,38,39,45)/t22-,23?,24+,25-,26-,28+/m0/s1. The molecule has 1 aromatic carbocycles. The fraction of sp³-hybridized carbons (Fsp3) is 0.686. The van der Waals surface area contributed by atoms with E-state index in [2.05, 4.69) is 16.0 Å².